The molecule has 0 aromatic heterocycles. The van der Waals surface area contributed by atoms with Crippen LogP contribution in [0.3, 0.4) is 0 Å². The molecule has 4 saturated heterocycles. The van der Waals surface area contributed by atoms with Crippen molar-refractivity contribution in [1.29, 1.82) is 0 Å². The molecule has 1 aromatic carbocycles. The van der Waals surface area contributed by atoms with E-state index in [1.54, 1.807) is 0 Å². The standard InChI is InChI=1S/C55H91N7O10S2/c1-55(2,3)72-49(65)27-32-69-34-36-71-37-35-70-33-29-57-52(66)42-25-23-41(24-26-42)38-62(30-16-8-4-6-10-18-43(63)19-11-12-20-46-50-44(39-73-46)58-53(67)60-50)31-17-9-5-7-15-28-56-48(64)22-14-13-21-47-51-45(40-74-47)59-54(68)61-51/h23-26,44-47,50-51H,4-22,27-40H2,1-3H3,(H,56,64)(H,57,66)(H2,58,60,67)(H2,59,61,68). The summed E-state index contributed by atoms with van der Waals surface area (Å²) in [6, 6.07) is 8.72. The monoisotopic (exact) mass is 1070 g/mol. The number of fused-ring (bicyclic) bond motifs is 2. The molecule has 0 spiro atoms. The summed E-state index contributed by atoms with van der Waals surface area (Å²) in [6.45, 7) is 11.7. The Morgan fingerprint density at radius 1 is 0.581 bits per heavy atom. The number of thioether (sulfide) groups is 2. The van der Waals surface area contributed by atoms with Crippen LogP contribution in [0.5, 0.6) is 0 Å². The minimum Gasteiger partial charge on any atom is -0.460 e. The topological polar surface area (TPSA) is 215 Å². The van der Waals surface area contributed by atoms with E-state index in [0.717, 1.165) is 140 Å². The summed E-state index contributed by atoms with van der Waals surface area (Å²) in [5.74, 6) is 2.01. The van der Waals surface area contributed by atoms with Crippen LogP contribution < -0.4 is 31.9 Å². The Morgan fingerprint density at radius 3 is 1.69 bits per heavy atom. The first-order valence-corrected chi connectivity index (χ1v) is 30.1. The number of nitrogens with zero attached hydrogens (tertiary/aromatic N) is 1. The van der Waals surface area contributed by atoms with E-state index < -0.39 is 5.60 Å². The lowest BCUT2D eigenvalue weighted by Gasteiger charge is -2.23. The maximum atomic E-state index is 12.9. The van der Waals surface area contributed by atoms with Gasteiger partial charge in [0, 0.05) is 66.5 Å². The van der Waals surface area contributed by atoms with Gasteiger partial charge in [0.15, 0.2) is 0 Å². The summed E-state index contributed by atoms with van der Waals surface area (Å²) >= 11 is 3.85. The van der Waals surface area contributed by atoms with E-state index >= 15 is 0 Å². The minimum absolute atomic E-state index is 0.0481. The number of unbranched alkanes of at least 4 members (excludes halogenated alkanes) is 10. The molecule has 19 heteroatoms. The van der Waals surface area contributed by atoms with Crippen LogP contribution in [0, 0.1) is 0 Å². The summed E-state index contributed by atoms with van der Waals surface area (Å²) in [7, 11) is 0. The summed E-state index contributed by atoms with van der Waals surface area (Å²) in [5, 5.41) is 19.0. The summed E-state index contributed by atoms with van der Waals surface area (Å²) in [5.41, 5.74) is 1.28. The average Bonchev–Trinajstić information content (AvgIpc) is 4.13. The molecule has 6 N–H and O–H groups in total. The highest BCUT2D eigenvalue weighted by Crippen LogP contribution is 2.34. The lowest BCUT2D eigenvalue weighted by atomic mass is 10.0. The first kappa shape index (κ1) is 61.2. The van der Waals surface area contributed by atoms with E-state index in [1.165, 1.54) is 5.56 Å². The Morgan fingerprint density at radius 2 is 1.09 bits per heavy atom. The Balaban J connectivity index is 0.905. The Kier molecular flexibility index (Phi) is 28.9. The number of rotatable bonds is 41. The summed E-state index contributed by atoms with van der Waals surface area (Å²) < 4.78 is 21.8. The number of hydrogen-bond acceptors (Lipinski definition) is 13. The van der Waals surface area contributed by atoms with Gasteiger partial charge in [0.1, 0.15) is 11.4 Å². The molecule has 4 heterocycles. The number of Topliss-reactive ketones (excluding diaryl/α,β-unsaturated/α-hetero) is 1. The van der Waals surface area contributed by atoms with E-state index in [1.807, 2.05) is 56.4 Å². The number of urea groups is 2. The van der Waals surface area contributed by atoms with E-state index in [0.29, 0.717) is 80.7 Å². The second-order valence-corrected chi connectivity index (χ2v) is 23.9. The molecule has 0 aliphatic carbocycles. The largest absolute Gasteiger partial charge is 0.460 e. The highest BCUT2D eigenvalue weighted by atomic mass is 32.2. The van der Waals surface area contributed by atoms with Crippen molar-refractivity contribution in [2.24, 2.45) is 0 Å². The number of esters is 1. The van der Waals surface area contributed by atoms with Gasteiger partial charge in [-0.2, -0.15) is 23.5 Å². The predicted molar refractivity (Wildman–Crippen MR) is 294 cm³/mol. The Bertz CT molecular complexity index is 1840. The molecule has 4 aliphatic heterocycles. The maximum absolute atomic E-state index is 12.9. The third-order valence-corrected chi connectivity index (χ3v) is 16.9. The van der Waals surface area contributed by atoms with Crippen LogP contribution in [-0.4, -0.2) is 158 Å². The zero-order valence-electron chi connectivity index (χ0n) is 45.0. The van der Waals surface area contributed by atoms with Crippen LogP contribution in [0.15, 0.2) is 24.3 Å². The van der Waals surface area contributed by atoms with Crippen LogP contribution in [-0.2, 0) is 39.9 Å². The molecule has 6 atom stereocenters. The van der Waals surface area contributed by atoms with Crippen molar-refractivity contribution in [3.8, 4) is 0 Å². The molecule has 0 bridgehead atoms. The molecule has 74 heavy (non-hydrogen) atoms. The van der Waals surface area contributed by atoms with Crippen molar-refractivity contribution in [3.05, 3.63) is 35.4 Å². The van der Waals surface area contributed by atoms with Gasteiger partial charge in [-0.25, -0.2) is 9.59 Å². The van der Waals surface area contributed by atoms with E-state index in [9.17, 15) is 28.8 Å². The van der Waals surface area contributed by atoms with Crippen LogP contribution in [0.25, 0.3) is 0 Å². The number of hydrogen-bond donors (Lipinski definition) is 6. The molecule has 17 nitrogen and oxygen atoms in total. The number of nitrogens with one attached hydrogen (secondary N) is 6. The van der Waals surface area contributed by atoms with Crippen molar-refractivity contribution in [1.82, 2.24) is 36.8 Å². The van der Waals surface area contributed by atoms with Gasteiger partial charge in [-0.05, 0) is 103 Å². The van der Waals surface area contributed by atoms with Crippen molar-refractivity contribution in [2.75, 3.05) is 77.3 Å². The molecule has 4 fully saturated rings. The third kappa shape index (κ3) is 25.0. The van der Waals surface area contributed by atoms with Gasteiger partial charge in [-0.1, -0.05) is 63.5 Å². The molecule has 6 amide bonds. The van der Waals surface area contributed by atoms with E-state index in [-0.39, 0.29) is 67.0 Å². The fraction of sp³-hybridized carbons (Fsp3) is 0.782. The fourth-order valence-corrected chi connectivity index (χ4v) is 13.0. The second-order valence-electron chi connectivity index (χ2n) is 21.3. The number of ketones is 1. The quantitative estimate of drug-likeness (QED) is 0.0214. The van der Waals surface area contributed by atoms with Crippen LogP contribution in [0.4, 0.5) is 9.59 Å². The zero-order chi connectivity index (χ0) is 52.8. The highest BCUT2D eigenvalue weighted by Gasteiger charge is 2.43. The van der Waals surface area contributed by atoms with E-state index in [4.69, 9.17) is 18.9 Å². The normalized spacial score (nSPS) is 20.9. The van der Waals surface area contributed by atoms with Gasteiger partial charge in [0.25, 0.3) is 5.91 Å². The molecule has 1 aromatic rings. The van der Waals surface area contributed by atoms with Crippen molar-refractivity contribution in [3.63, 3.8) is 0 Å². The third-order valence-electron chi connectivity index (χ3n) is 13.9. The SMILES string of the molecule is CC(C)(C)OC(=O)CCOCCOCCOCCNC(=O)c1ccc(CN(CCCCCCCNC(=O)CCCCC2SCC3NC(=O)NC32)CCCCCCCC(=O)CCCCC2SCC3NC(=O)NC32)cc1. The van der Waals surface area contributed by atoms with Gasteiger partial charge in [0.2, 0.25) is 5.91 Å². The van der Waals surface area contributed by atoms with Gasteiger partial charge in [0.05, 0.1) is 70.2 Å². The summed E-state index contributed by atoms with van der Waals surface area (Å²) in [6.07, 6.45) is 18.8. The minimum atomic E-state index is -0.503. The van der Waals surface area contributed by atoms with Gasteiger partial charge in [-0.3, -0.25) is 24.1 Å². The summed E-state index contributed by atoms with van der Waals surface area (Å²) in [4.78, 5) is 75.6. The first-order chi connectivity index (χ1) is 35.8. The molecule has 5 rings (SSSR count). The Labute approximate surface area is 450 Å². The molecule has 4 aliphatic rings. The van der Waals surface area contributed by atoms with Crippen LogP contribution in [0.1, 0.15) is 165 Å². The molecule has 418 valence electrons. The number of ether oxygens (including phenoxy) is 4. The average molecular weight is 1070 g/mol. The molecular weight excluding hydrogens is 983 g/mol. The highest BCUT2D eigenvalue weighted by molar-refractivity contribution is 8.00. The van der Waals surface area contributed by atoms with Crippen molar-refractivity contribution in [2.45, 2.75) is 196 Å². The fourth-order valence-electron chi connectivity index (χ4n) is 9.92. The van der Waals surface area contributed by atoms with Gasteiger partial charge in [-0.15, -0.1) is 0 Å². The van der Waals surface area contributed by atoms with Crippen molar-refractivity contribution < 1.29 is 47.7 Å². The maximum Gasteiger partial charge on any atom is 0.315 e. The van der Waals surface area contributed by atoms with Gasteiger partial charge >= 0.3 is 18.0 Å². The number of carbonyl (C=O) groups is 6. The lowest BCUT2D eigenvalue weighted by Crippen LogP contribution is -2.36. The van der Waals surface area contributed by atoms with Crippen LogP contribution >= 0.6 is 23.5 Å². The zero-order valence-corrected chi connectivity index (χ0v) is 46.6. The molecular formula is C55H91N7O10S2. The molecule has 0 saturated carbocycles. The number of carbonyl (C=O) groups excluding carboxylic acids is 6. The number of amides is 6. The predicted octanol–water partition coefficient (Wildman–Crippen LogP) is 7.43. The Hall–Kier alpha value is -3.62. The lowest BCUT2D eigenvalue weighted by molar-refractivity contribution is -0.156. The second kappa shape index (κ2) is 34.9. The van der Waals surface area contributed by atoms with Gasteiger partial charge < -0.3 is 50.8 Å². The van der Waals surface area contributed by atoms with Crippen molar-refractivity contribution >= 4 is 59.2 Å². The molecule has 0 radical (unpaired) electrons. The first-order valence-electron chi connectivity index (χ1n) is 28.0. The molecule has 6 unspecified atom stereocenters. The smallest absolute Gasteiger partial charge is 0.315 e. The van der Waals surface area contributed by atoms with Crippen LogP contribution in [0.2, 0.25) is 0 Å². The number of benzene rings is 1. The van der Waals surface area contributed by atoms with E-state index in [2.05, 4.69) is 48.9 Å².